The topological polar surface area (TPSA) is 101 Å². The lowest BCUT2D eigenvalue weighted by Gasteiger charge is -2.32. The monoisotopic (exact) mass is 461 g/mol. The number of aromatic nitrogens is 3. The predicted molar refractivity (Wildman–Crippen MR) is 127 cm³/mol. The molecule has 1 atom stereocenters. The second kappa shape index (κ2) is 9.26. The summed E-state index contributed by atoms with van der Waals surface area (Å²) in [4.78, 5) is 30.6. The van der Waals surface area contributed by atoms with Gasteiger partial charge >= 0.3 is 0 Å². The third-order valence-electron chi connectivity index (χ3n) is 6.43. The number of aliphatic hydroxyl groups excluding tert-OH is 1. The van der Waals surface area contributed by atoms with Crippen molar-refractivity contribution >= 4 is 17.4 Å². The first-order valence-electron chi connectivity index (χ1n) is 11.3. The van der Waals surface area contributed by atoms with Crippen LogP contribution in [0.5, 0.6) is 11.6 Å². The van der Waals surface area contributed by atoms with Gasteiger partial charge in [-0.15, -0.1) is 0 Å². The Kier molecular flexibility index (Phi) is 6.02. The van der Waals surface area contributed by atoms with E-state index in [0.717, 1.165) is 43.0 Å². The van der Waals surface area contributed by atoms with E-state index in [1.54, 1.807) is 30.5 Å². The van der Waals surface area contributed by atoms with Gasteiger partial charge in [-0.1, -0.05) is 0 Å². The molecule has 0 spiro atoms. The van der Waals surface area contributed by atoms with E-state index in [2.05, 4.69) is 14.9 Å². The summed E-state index contributed by atoms with van der Waals surface area (Å²) < 4.78 is 10.6. The van der Waals surface area contributed by atoms with Crippen molar-refractivity contribution in [1.82, 2.24) is 15.0 Å². The summed E-state index contributed by atoms with van der Waals surface area (Å²) in [5.74, 6) is 1.98. The van der Waals surface area contributed by atoms with E-state index in [1.165, 1.54) is 7.11 Å². The third-order valence-corrected chi connectivity index (χ3v) is 6.43. The molecule has 5 rings (SSSR count). The van der Waals surface area contributed by atoms with Crippen molar-refractivity contribution in [3.8, 4) is 22.9 Å². The van der Waals surface area contributed by atoms with Crippen LogP contribution in [0.25, 0.3) is 11.3 Å². The van der Waals surface area contributed by atoms with Crippen molar-refractivity contribution in [1.29, 1.82) is 0 Å². The number of nitrogens with zero attached hydrogens (tertiary/aromatic N) is 5. The fourth-order valence-electron chi connectivity index (χ4n) is 4.57. The average molecular weight is 462 g/mol. The lowest BCUT2D eigenvalue weighted by molar-refractivity contribution is 0.0996. The van der Waals surface area contributed by atoms with Gasteiger partial charge in [0.05, 0.1) is 49.6 Å². The molecule has 176 valence electrons. The van der Waals surface area contributed by atoms with Gasteiger partial charge in [-0.2, -0.15) is 0 Å². The molecule has 1 amide bonds. The van der Waals surface area contributed by atoms with Gasteiger partial charge in [-0.25, -0.2) is 9.97 Å². The number of hydrogen-bond donors (Lipinski definition) is 1. The maximum atomic E-state index is 13.1. The molecule has 3 aromatic rings. The molecule has 3 aromatic heterocycles. The van der Waals surface area contributed by atoms with Crippen LogP contribution in [-0.2, 0) is 6.54 Å². The molecule has 0 saturated carbocycles. The molecule has 5 heterocycles. The molecular weight excluding hydrogens is 434 g/mol. The van der Waals surface area contributed by atoms with Gasteiger partial charge in [0.1, 0.15) is 5.82 Å². The first kappa shape index (κ1) is 22.1. The summed E-state index contributed by atoms with van der Waals surface area (Å²) in [7, 11) is 3.10. The summed E-state index contributed by atoms with van der Waals surface area (Å²) in [5, 5.41) is 9.49. The van der Waals surface area contributed by atoms with Crippen molar-refractivity contribution in [3.63, 3.8) is 0 Å². The van der Waals surface area contributed by atoms with Crippen LogP contribution in [0.4, 0.5) is 11.5 Å². The van der Waals surface area contributed by atoms with Crippen molar-refractivity contribution in [2.45, 2.75) is 19.4 Å². The quantitative estimate of drug-likeness (QED) is 0.598. The highest BCUT2D eigenvalue weighted by Gasteiger charge is 2.30. The molecule has 34 heavy (non-hydrogen) atoms. The standard InChI is InChI=1S/C25H27N5O4/c1-33-22-10-17(11-27-24(22)34-2)20-7-6-19-21(28-20)14-30(25(19)32)18-5-8-23(26-12-18)29-9-3-4-16(13-29)15-31/h5-8,10-12,16,31H,3-4,9,13-15H2,1-2H3. The second-order valence-electron chi connectivity index (χ2n) is 8.53. The highest BCUT2D eigenvalue weighted by molar-refractivity contribution is 6.09. The normalized spacial score (nSPS) is 17.6. The van der Waals surface area contributed by atoms with Gasteiger partial charge in [-0.05, 0) is 49.1 Å². The first-order valence-corrected chi connectivity index (χ1v) is 11.3. The van der Waals surface area contributed by atoms with Gasteiger partial charge in [-0.3, -0.25) is 9.78 Å². The number of carbonyl (C=O) groups is 1. The van der Waals surface area contributed by atoms with Crippen molar-refractivity contribution in [3.05, 3.63) is 54.0 Å². The van der Waals surface area contributed by atoms with E-state index in [1.807, 2.05) is 24.3 Å². The second-order valence-corrected chi connectivity index (χ2v) is 8.53. The third kappa shape index (κ3) is 4.03. The maximum Gasteiger partial charge on any atom is 0.260 e. The number of amides is 1. The molecule has 1 N–H and O–H groups in total. The largest absolute Gasteiger partial charge is 0.491 e. The Hall–Kier alpha value is -3.72. The number of fused-ring (bicyclic) bond motifs is 1. The maximum absolute atomic E-state index is 13.1. The van der Waals surface area contributed by atoms with Crippen LogP contribution in [0.2, 0.25) is 0 Å². The SMILES string of the molecule is COc1cc(-c2ccc3c(n2)CN(c2ccc(N4CCCC(CO)C4)nc2)C3=O)cnc1OC. The van der Waals surface area contributed by atoms with E-state index in [-0.39, 0.29) is 18.4 Å². The number of methoxy groups -OCH3 is 2. The number of hydrogen-bond acceptors (Lipinski definition) is 8. The highest BCUT2D eigenvalue weighted by Crippen LogP contribution is 2.33. The van der Waals surface area contributed by atoms with Crippen molar-refractivity contribution in [2.75, 3.05) is 43.7 Å². The molecule has 9 nitrogen and oxygen atoms in total. The summed E-state index contributed by atoms with van der Waals surface area (Å²) >= 11 is 0. The zero-order valence-electron chi connectivity index (χ0n) is 19.3. The lowest BCUT2D eigenvalue weighted by Crippen LogP contribution is -2.37. The van der Waals surface area contributed by atoms with Crippen LogP contribution in [0.15, 0.2) is 42.7 Å². The van der Waals surface area contributed by atoms with Gasteiger partial charge < -0.3 is 24.4 Å². The predicted octanol–water partition coefficient (Wildman–Crippen LogP) is 2.92. The molecule has 0 aromatic carbocycles. The zero-order valence-corrected chi connectivity index (χ0v) is 19.3. The molecule has 0 bridgehead atoms. The lowest BCUT2D eigenvalue weighted by atomic mass is 9.99. The van der Waals surface area contributed by atoms with Gasteiger partial charge in [0, 0.05) is 31.5 Å². The highest BCUT2D eigenvalue weighted by atomic mass is 16.5. The van der Waals surface area contributed by atoms with E-state index in [0.29, 0.717) is 35.1 Å². The van der Waals surface area contributed by atoms with Crippen LogP contribution in [0, 0.1) is 5.92 Å². The Bertz CT molecular complexity index is 1200. The van der Waals surface area contributed by atoms with E-state index < -0.39 is 0 Å². The number of anilines is 2. The van der Waals surface area contributed by atoms with E-state index in [9.17, 15) is 9.90 Å². The summed E-state index contributed by atoms with van der Waals surface area (Å²) in [6.07, 6.45) is 5.49. The number of piperidine rings is 1. The van der Waals surface area contributed by atoms with Crippen molar-refractivity contribution < 1.29 is 19.4 Å². The Morgan fingerprint density at radius 3 is 2.74 bits per heavy atom. The summed E-state index contributed by atoms with van der Waals surface area (Å²) in [6.45, 7) is 2.30. The van der Waals surface area contributed by atoms with Crippen LogP contribution in [0.3, 0.4) is 0 Å². The Morgan fingerprint density at radius 2 is 2.00 bits per heavy atom. The molecule has 1 fully saturated rings. The number of aliphatic hydroxyl groups is 1. The molecular formula is C25H27N5O4. The van der Waals surface area contributed by atoms with Gasteiger partial charge in [0.15, 0.2) is 5.75 Å². The van der Waals surface area contributed by atoms with Gasteiger partial charge in [0.2, 0.25) is 0 Å². The van der Waals surface area contributed by atoms with Gasteiger partial charge in [0.25, 0.3) is 11.8 Å². The van der Waals surface area contributed by atoms with E-state index in [4.69, 9.17) is 14.5 Å². The minimum atomic E-state index is -0.0904. The zero-order chi connectivity index (χ0) is 23.7. The molecule has 9 heteroatoms. The molecule has 2 aliphatic rings. The van der Waals surface area contributed by atoms with Crippen LogP contribution in [0.1, 0.15) is 28.9 Å². The smallest absolute Gasteiger partial charge is 0.260 e. The Labute approximate surface area is 198 Å². The number of carbonyl (C=O) groups excluding carboxylic acids is 1. The minimum Gasteiger partial charge on any atom is -0.491 e. The minimum absolute atomic E-state index is 0.0904. The van der Waals surface area contributed by atoms with E-state index >= 15 is 0 Å². The first-order chi connectivity index (χ1) is 16.6. The summed E-state index contributed by atoms with van der Waals surface area (Å²) in [6, 6.07) is 9.31. The summed E-state index contributed by atoms with van der Waals surface area (Å²) in [5.41, 5.74) is 3.52. The number of ether oxygens (including phenoxy) is 2. The Morgan fingerprint density at radius 1 is 1.12 bits per heavy atom. The number of pyridine rings is 3. The Balaban J connectivity index is 1.35. The molecule has 0 radical (unpaired) electrons. The fraction of sp³-hybridized carbons (Fsp3) is 0.360. The van der Waals surface area contributed by atoms with Crippen LogP contribution >= 0.6 is 0 Å². The van der Waals surface area contributed by atoms with Crippen LogP contribution in [-0.4, -0.2) is 59.9 Å². The average Bonchev–Trinajstić information content (AvgIpc) is 3.23. The molecule has 1 unspecified atom stereocenters. The molecule has 0 aliphatic carbocycles. The fourth-order valence-corrected chi connectivity index (χ4v) is 4.57. The van der Waals surface area contributed by atoms with Crippen LogP contribution < -0.4 is 19.3 Å². The number of rotatable bonds is 6. The molecule has 2 aliphatic heterocycles. The van der Waals surface area contributed by atoms with Crippen molar-refractivity contribution in [2.24, 2.45) is 5.92 Å². The molecule has 1 saturated heterocycles.